The summed E-state index contributed by atoms with van der Waals surface area (Å²) in [7, 11) is 0. The quantitative estimate of drug-likeness (QED) is 0.791. The highest BCUT2D eigenvalue weighted by molar-refractivity contribution is 5.40. The first kappa shape index (κ1) is 11.1. The molecule has 0 radical (unpaired) electrons. The lowest BCUT2D eigenvalue weighted by molar-refractivity contribution is 0.138. The number of rotatable bonds is 2. The number of benzene rings is 1. The smallest absolute Gasteiger partial charge is 0.0314 e. The maximum atomic E-state index is 5.75. The van der Waals surface area contributed by atoms with Gasteiger partial charge in [0, 0.05) is 17.8 Å². The Morgan fingerprint density at radius 2 is 1.82 bits per heavy atom. The Bertz CT molecular complexity index is 380. The van der Waals surface area contributed by atoms with Gasteiger partial charge in [0.1, 0.15) is 0 Å². The molecule has 1 aliphatic heterocycles. The van der Waals surface area contributed by atoms with E-state index in [1.165, 1.54) is 37.8 Å². The maximum absolute atomic E-state index is 5.75. The van der Waals surface area contributed by atoms with Gasteiger partial charge in [-0.15, -0.1) is 0 Å². The van der Waals surface area contributed by atoms with Crippen molar-refractivity contribution >= 4 is 5.69 Å². The average molecular weight is 230 g/mol. The first-order valence-electron chi connectivity index (χ1n) is 6.85. The Kier molecular flexibility index (Phi) is 2.83. The lowest BCUT2D eigenvalue weighted by atomic mass is 9.85. The molecule has 3 rings (SSSR count). The minimum Gasteiger partial charge on any atom is -0.399 e. The standard InChI is InChI=1S/C15H22N2/c1-11-10-13(8-9-17(11)15-6-7-15)12-2-4-14(16)5-3-12/h2-5,11,13,15H,6-10,16H2,1H3. The summed E-state index contributed by atoms with van der Waals surface area (Å²) < 4.78 is 0. The van der Waals surface area contributed by atoms with Crippen LogP contribution < -0.4 is 5.73 Å². The zero-order valence-corrected chi connectivity index (χ0v) is 10.6. The molecule has 2 fully saturated rings. The van der Waals surface area contributed by atoms with E-state index in [-0.39, 0.29) is 0 Å². The molecular formula is C15H22N2. The van der Waals surface area contributed by atoms with Crippen LogP contribution in [0.25, 0.3) is 0 Å². The van der Waals surface area contributed by atoms with Crippen molar-refractivity contribution in [3.63, 3.8) is 0 Å². The SMILES string of the molecule is CC1CC(c2ccc(N)cc2)CCN1C1CC1. The Morgan fingerprint density at radius 3 is 2.41 bits per heavy atom. The van der Waals surface area contributed by atoms with Gasteiger partial charge in [-0.25, -0.2) is 0 Å². The van der Waals surface area contributed by atoms with Crippen molar-refractivity contribution in [3.05, 3.63) is 29.8 Å². The molecule has 2 N–H and O–H groups in total. The van der Waals surface area contributed by atoms with Crippen LogP contribution in [0.1, 0.15) is 44.1 Å². The number of anilines is 1. The van der Waals surface area contributed by atoms with Crippen LogP contribution in [0.5, 0.6) is 0 Å². The summed E-state index contributed by atoms with van der Waals surface area (Å²) in [4.78, 5) is 2.72. The summed E-state index contributed by atoms with van der Waals surface area (Å²) in [6, 6.07) is 10.1. The Balaban J connectivity index is 1.68. The van der Waals surface area contributed by atoms with Crippen LogP contribution in [0.2, 0.25) is 0 Å². The molecular weight excluding hydrogens is 208 g/mol. The van der Waals surface area contributed by atoms with Gasteiger partial charge in [0.05, 0.1) is 0 Å². The number of hydrogen-bond donors (Lipinski definition) is 1. The molecule has 1 saturated heterocycles. The molecule has 0 bridgehead atoms. The van der Waals surface area contributed by atoms with E-state index in [9.17, 15) is 0 Å². The predicted molar refractivity (Wildman–Crippen MR) is 72.0 cm³/mol. The molecule has 0 amide bonds. The maximum Gasteiger partial charge on any atom is 0.0314 e. The monoisotopic (exact) mass is 230 g/mol. The van der Waals surface area contributed by atoms with Crippen LogP contribution in [-0.2, 0) is 0 Å². The van der Waals surface area contributed by atoms with E-state index < -0.39 is 0 Å². The number of nitrogen functional groups attached to an aromatic ring is 1. The molecule has 17 heavy (non-hydrogen) atoms. The van der Waals surface area contributed by atoms with Gasteiger partial charge in [-0.1, -0.05) is 12.1 Å². The van der Waals surface area contributed by atoms with Crippen molar-refractivity contribution in [2.45, 2.75) is 50.6 Å². The topological polar surface area (TPSA) is 29.3 Å². The fourth-order valence-electron chi connectivity index (χ4n) is 3.21. The molecule has 1 aromatic carbocycles. The molecule has 0 spiro atoms. The van der Waals surface area contributed by atoms with Gasteiger partial charge in [0.15, 0.2) is 0 Å². The van der Waals surface area contributed by atoms with E-state index in [2.05, 4.69) is 24.0 Å². The van der Waals surface area contributed by atoms with E-state index in [1.807, 2.05) is 12.1 Å². The molecule has 1 saturated carbocycles. The highest BCUT2D eigenvalue weighted by Crippen LogP contribution is 2.37. The predicted octanol–water partition coefficient (Wildman–Crippen LogP) is 3.00. The fourth-order valence-corrected chi connectivity index (χ4v) is 3.21. The van der Waals surface area contributed by atoms with Crippen LogP contribution in [0.4, 0.5) is 5.69 Å². The second-order valence-electron chi connectivity index (χ2n) is 5.71. The van der Waals surface area contributed by atoms with Crippen molar-refractivity contribution < 1.29 is 0 Å². The zero-order chi connectivity index (χ0) is 11.8. The lowest BCUT2D eigenvalue weighted by Gasteiger charge is -2.38. The largest absolute Gasteiger partial charge is 0.399 e. The molecule has 1 aliphatic carbocycles. The van der Waals surface area contributed by atoms with Gasteiger partial charge in [-0.05, 0) is 62.8 Å². The van der Waals surface area contributed by atoms with Crippen LogP contribution in [-0.4, -0.2) is 23.5 Å². The highest BCUT2D eigenvalue weighted by Gasteiger charge is 2.36. The van der Waals surface area contributed by atoms with Crippen LogP contribution in [0.15, 0.2) is 24.3 Å². The van der Waals surface area contributed by atoms with E-state index >= 15 is 0 Å². The number of nitrogens with two attached hydrogens (primary N) is 1. The third-order valence-corrected chi connectivity index (χ3v) is 4.35. The van der Waals surface area contributed by atoms with Crippen molar-refractivity contribution in [1.82, 2.24) is 4.90 Å². The summed E-state index contributed by atoms with van der Waals surface area (Å²) in [5, 5.41) is 0. The number of nitrogens with zero attached hydrogens (tertiary/aromatic N) is 1. The van der Waals surface area contributed by atoms with E-state index in [4.69, 9.17) is 5.73 Å². The summed E-state index contributed by atoms with van der Waals surface area (Å²) in [6.07, 6.45) is 5.47. The highest BCUT2D eigenvalue weighted by atomic mass is 15.2. The Morgan fingerprint density at radius 1 is 1.12 bits per heavy atom. The molecule has 1 aromatic rings. The molecule has 92 valence electrons. The van der Waals surface area contributed by atoms with Crippen molar-refractivity contribution in [1.29, 1.82) is 0 Å². The number of hydrogen-bond acceptors (Lipinski definition) is 2. The minimum atomic E-state index is 0.737. The first-order chi connectivity index (χ1) is 8.24. The van der Waals surface area contributed by atoms with E-state index in [0.29, 0.717) is 0 Å². The normalized spacial score (nSPS) is 30.4. The lowest BCUT2D eigenvalue weighted by Crippen LogP contribution is -2.41. The van der Waals surface area contributed by atoms with Crippen molar-refractivity contribution in [2.24, 2.45) is 0 Å². The van der Waals surface area contributed by atoms with Crippen LogP contribution in [0.3, 0.4) is 0 Å². The number of likely N-dealkylation sites (tertiary alicyclic amines) is 1. The summed E-state index contributed by atoms with van der Waals surface area (Å²) in [6.45, 7) is 3.67. The molecule has 1 heterocycles. The average Bonchev–Trinajstić information content (AvgIpc) is 3.14. The minimum absolute atomic E-state index is 0.737. The molecule has 2 heteroatoms. The Labute approximate surface area is 104 Å². The van der Waals surface area contributed by atoms with Crippen molar-refractivity contribution in [3.8, 4) is 0 Å². The Hall–Kier alpha value is -1.02. The third-order valence-electron chi connectivity index (χ3n) is 4.35. The molecule has 2 unspecified atom stereocenters. The van der Waals surface area contributed by atoms with Gasteiger partial charge >= 0.3 is 0 Å². The second kappa shape index (κ2) is 4.34. The van der Waals surface area contributed by atoms with Gasteiger partial charge in [0.25, 0.3) is 0 Å². The van der Waals surface area contributed by atoms with E-state index in [1.54, 1.807) is 0 Å². The van der Waals surface area contributed by atoms with Gasteiger partial charge in [0.2, 0.25) is 0 Å². The zero-order valence-electron chi connectivity index (χ0n) is 10.6. The third kappa shape index (κ3) is 2.32. The molecule has 2 atom stereocenters. The fraction of sp³-hybridized carbons (Fsp3) is 0.600. The second-order valence-corrected chi connectivity index (χ2v) is 5.71. The molecule has 2 nitrogen and oxygen atoms in total. The van der Waals surface area contributed by atoms with Gasteiger partial charge in [-0.3, -0.25) is 4.90 Å². The van der Waals surface area contributed by atoms with E-state index in [0.717, 1.165) is 23.7 Å². The van der Waals surface area contributed by atoms with Gasteiger partial charge < -0.3 is 5.73 Å². The van der Waals surface area contributed by atoms with Crippen molar-refractivity contribution in [2.75, 3.05) is 12.3 Å². The number of piperidine rings is 1. The van der Waals surface area contributed by atoms with Gasteiger partial charge in [-0.2, -0.15) is 0 Å². The molecule has 0 aromatic heterocycles. The summed E-state index contributed by atoms with van der Waals surface area (Å²) >= 11 is 0. The summed E-state index contributed by atoms with van der Waals surface area (Å²) in [5.41, 5.74) is 8.09. The first-order valence-corrected chi connectivity index (χ1v) is 6.85. The van der Waals surface area contributed by atoms with Crippen LogP contribution in [0, 0.1) is 0 Å². The molecule has 2 aliphatic rings. The summed E-state index contributed by atoms with van der Waals surface area (Å²) in [5.74, 6) is 0.737. The van der Waals surface area contributed by atoms with Crippen LogP contribution >= 0.6 is 0 Å².